The van der Waals surface area contributed by atoms with Crippen LogP contribution in [-0.2, 0) is 85.8 Å². The lowest BCUT2D eigenvalue weighted by molar-refractivity contribution is -0.303. The molecule has 0 unspecified atom stereocenters. The molecule has 0 aromatic heterocycles. The summed E-state index contributed by atoms with van der Waals surface area (Å²) < 4.78 is 52.9. The Morgan fingerprint density at radius 3 is 1.09 bits per heavy atom. The lowest BCUT2D eigenvalue weighted by atomic mass is 9.40. The number of aliphatic hydroxyl groups excluding tert-OH is 6. The van der Waals surface area contributed by atoms with Crippen LogP contribution < -0.4 is 22.2 Å². The molecule has 3 aliphatic heterocycles. The zero-order chi connectivity index (χ0) is 103. The van der Waals surface area contributed by atoms with Crippen LogP contribution in [0.25, 0.3) is 0 Å². The molecule has 3 saturated heterocycles. The first kappa shape index (κ1) is 108. The molecule has 3 aromatic carbocycles. The van der Waals surface area contributed by atoms with Gasteiger partial charge >= 0.3 is 35.8 Å². The minimum Gasteiger partial charge on any atom is -0.461 e. The van der Waals surface area contributed by atoms with Crippen molar-refractivity contribution in [3.8, 4) is 0 Å². The number of hydrogen-bond donors (Lipinski definition) is 16. The number of aliphatic hydroxyl groups is 9. The minimum atomic E-state index is -1.69. The maximum Gasteiger partial charge on any atom is 0.347 e. The van der Waals surface area contributed by atoms with Crippen molar-refractivity contribution in [3.05, 3.63) is 141 Å². The molecule has 759 valence electrons. The topological polar surface area (TPSA) is 542 Å². The van der Waals surface area contributed by atoms with Gasteiger partial charge < -0.3 is 110 Å². The smallest absolute Gasteiger partial charge is 0.347 e. The van der Waals surface area contributed by atoms with Crippen molar-refractivity contribution in [2.24, 2.45) is 90.0 Å². The van der Waals surface area contributed by atoms with Crippen molar-refractivity contribution in [1.82, 2.24) is 16.4 Å². The summed E-state index contributed by atoms with van der Waals surface area (Å²) in [7, 11) is 4.67. The number of benzene rings is 3. The zero-order valence-corrected chi connectivity index (χ0v) is 83.2. The molecule has 9 fully saturated rings. The van der Waals surface area contributed by atoms with Crippen molar-refractivity contribution in [3.63, 3.8) is 0 Å². The summed E-state index contributed by atoms with van der Waals surface area (Å²) in [6.45, 7) is 35.5. The van der Waals surface area contributed by atoms with Crippen molar-refractivity contribution >= 4 is 75.0 Å². The third kappa shape index (κ3) is 17.6. The number of carbonyl (C=O) groups excluding carboxylic acids is 9. The van der Waals surface area contributed by atoms with Crippen molar-refractivity contribution in [2.75, 3.05) is 45.7 Å². The summed E-state index contributed by atoms with van der Waals surface area (Å²) in [4.78, 5) is 123. The monoisotopic (exact) mass is 1940 g/mol. The number of esters is 6. The second kappa shape index (κ2) is 39.9. The molecule has 0 spiro atoms. The van der Waals surface area contributed by atoms with E-state index < -0.39 is 251 Å². The average molecular weight is 1940 g/mol. The van der Waals surface area contributed by atoms with Gasteiger partial charge in [-0.2, -0.15) is 0 Å². The molecule has 6 bridgehead atoms. The summed E-state index contributed by atoms with van der Waals surface area (Å²) in [6.07, 6.45) is -16.5. The summed E-state index contributed by atoms with van der Waals surface area (Å²) in [5.74, 6) is -12.6. The van der Waals surface area contributed by atoms with E-state index in [0.29, 0.717) is 58.8 Å². The maximum absolute atomic E-state index is 14.8. The lowest BCUT2D eigenvalue weighted by Crippen LogP contribution is -2.75. The molecule has 6 saturated carbocycles. The lowest BCUT2D eigenvalue weighted by Gasteiger charge is -2.68. The Hall–Kier alpha value is -7.86. The Bertz CT molecular complexity index is 5220. The Morgan fingerprint density at radius 1 is 0.439 bits per heavy atom. The largest absolute Gasteiger partial charge is 0.461 e. The summed E-state index contributed by atoms with van der Waals surface area (Å²) >= 11 is 0. The molecule has 0 amide bonds. The average Bonchev–Trinajstić information content (AvgIpc) is 0.679. The first-order valence-electron chi connectivity index (χ1n) is 48.4. The summed E-state index contributed by atoms with van der Waals surface area (Å²) in [5.41, 5.74) is 1.43. The number of nitrogens with two attached hydrogens (primary N) is 1. The van der Waals surface area contributed by atoms with E-state index >= 15 is 0 Å². The van der Waals surface area contributed by atoms with E-state index in [0.717, 1.165) is 0 Å². The van der Waals surface area contributed by atoms with Gasteiger partial charge in [-0.15, -0.1) is 0 Å². The van der Waals surface area contributed by atoms with Gasteiger partial charge in [0, 0.05) is 90.7 Å². The van der Waals surface area contributed by atoms with Crippen LogP contribution in [0.2, 0.25) is 0 Å². The predicted molar refractivity (Wildman–Crippen MR) is 503 cm³/mol. The van der Waals surface area contributed by atoms with Crippen LogP contribution in [0.15, 0.2) is 124 Å². The number of fused-ring (bicyclic) bond motifs is 15. The fraction of sp³-hybridized carbons (Fsp3) is 0.676. The van der Waals surface area contributed by atoms with E-state index in [1.54, 1.807) is 196 Å². The number of hydrogen-bond acceptors (Lipinski definition) is 34. The molecule has 9 aliphatic carbocycles. The highest BCUT2D eigenvalue weighted by Gasteiger charge is 2.78. The maximum atomic E-state index is 14.8. The quantitative estimate of drug-likeness (QED) is 0.0172. The fourth-order valence-corrected chi connectivity index (χ4v) is 28.6. The van der Waals surface area contributed by atoms with Gasteiger partial charge in [0.15, 0.2) is 41.8 Å². The predicted octanol–water partition coefficient (Wildman–Crippen LogP) is 5.12. The Labute approximate surface area is 814 Å². The van der Waals surface area contributed by atoms with Crippen molar-refractivity contribution < 1.29 is 147 Å². The van der Waals surface area contributed by atoms with E-state index in [1.807, 2.05) is 58.0 Å². The number of rotatable bonds is 25. The molecule has 33 atom stereocenters. The Morgan fingerprint density at radius 2 is 0.748 bits per heavy atom. The van der Waals surface area contributed by atoms with Gasteiger partial charge in [0.25, 0.3) is 0 Å². The molecular formula is C102H142B3N4O30. The van der Waals surface area contributed by atoms with Crippen LogP contribution in [-0.4, -0.2) is 291 Å². The standard InChI is InChI=1S/C34H48BN2O10.2C34H47BNO10/c1-17-20(46-30(42)27(47-23(39)14-36)25(35-16-37-44)19-10-8-7-9-11-19)13-34(43)18(2)28-32(5)15-45-22(32)12-21(38)33(28,6)29(41)26(40)24(17)31(34,3)4;1-17-21(46-30(41)26(39)25(35-16-36-43)20-11-9-8-10-12-20)14-34(42)18(2)28-32(6)15-44-23(32)13-22(38)33(28,7)29(40)27(45-19(3)37)24(17)31(34,4)5;1-17-21(46-30(41)27(39)25(35-16-36-43)20-11-9-8-10-12-20)14-34(42)18(2)28-32(6)15-44-22(32)13-23(45-19(3)37)33(28,7)29(40)26(38)24(17)31(34,4)5/h7-11,18,20-22,25-28,37-38,40,43-44H,12-16,36H2,1-6H3;2*8-12,18,21-23,25-28,36,38-39,42-43H,13-16H2,1-7H3/t18-,20-,21-,22+,25-,26+,27+,28+,32+,33+,34+;18-,21-,22-,23+,25-,26+,27+,28+,32+,33+,34+;18-,21-,22+,23-,25-,26+,27+,28+,32+,33+,34+/m000/s1. The van der Waals surface area contributed by atoms with Crippen molar-refractivity contribution in [2.45, 2.75) is 303 Å². The Balaban J connectivity index is 0.000000176. The van der Waals surface area contributed by atoms with Crippen LogP contribution in [0.1, 0.15) is 211 Å². The van der Waals surface area contributed by atoms with Gasteiger partial charge in [0.2, 0.25) is 0 Å². The van der Waals surface area contributed by atoms with E-state index in [4.69, 9.17) is 48.4 Å². The van der Waals surface area contributed by atoms with E-state index in [-0.39, 0.29) is 87.3 Å². The molecule has 34 nitrogen and oxygen atoms in total. The van der Waals surface area contributed by atoms with Crippen molar-refractivity contribution in [1.29, 1.82) is 0 Å². The van der Waals surface area contributed by atoms with Gasteiger partial charge in [-0.1, -0.05) is 174 Å². The zero-order valence-electron chi connectivity index (χ0n) is 83.2. The van der Waals surface area contributed by atoms with Crippen LogP contribution in [0, 0.1) is 84.2 Å². The second-order valence-corrected chi connectivity index (χ2v) is 44.2. The number of ketones is 3. The van der Waals surface area contributed by atoms with Crippen LogP contribution in [0.5, 0.6) is 0 Å². The first-order chi connectivity index (χ1) is 64.9. The molecule has 3 radical (unpaired) electrons. The van der Waals surface area contributed by atoms with Gasteiger partial charge in [-0.3, -0.25) is 28.8 Å². The van der Waals surface area contributed by atoms with Gasteiger partial charge in [0.1, 0.15) is 58.5 Å². The molecule has 3 heterocycles. The minimum absolute atomic E-state index is 0.00582. The second-order valence-electron chi connectivity index (χ2n) is 44.2. The highest BCUT2D eigenvalue weighted by atomic mass is 16.6. The SMILES string of the molecule is CC(=O)O[C@H]1C(=O)[C@@]2(C)[C@H]([C@H](C)[C@]3(O)C[C@H](OC(=O)[C@H](O)[C@@H]([B]CNO)c4ccccc4)C(C)=C1C3(C)C)[C@]1(C)CO[C@@H]1C[C@@H]2O.CC(=O)O[C@H]1C[C@H]2OC[C@@]2(C)[C@H]2[C@H](C)[C@]3(O)C[C@H](OC(=O)[C@H](O)[C@@H]([B]CNO)c4ccccc4)C(C)=C([C@@H](O)C(=O)[C@]12C)C3(C)C.CC1=C2[C@@H](O)C(=O)[C@@]3(C)[C@H]([C@H](C)[C@](O)(C[C@@H]1OC(=O)[C@H](OC(=O)CN)[C@@H]([B]CNO)c1ccccc1)C2(C)C)[C@]1(C)CO[C@@H]1C[C@@H]3O. The number of Topliss-reactive ketones (excluding diaryl/α,β-unsaturated/α-hetero) is 3. The molecule has 3 aromatic rings. The number of hydroxylamine groups is 3. The third-order valence-electron chi connectivity index (χ3n) is 36.3. The van der Waals surface area contributed by atoms with E-state index in [2.05, 4.69) is 0 Å². The number of ether oxygens (including phenoxy) is 9. The van der Waals surface area contributed by atoms with Crippen LogP contribution in [0.3, 0.4) is 0 Å². The first-order valence-corrected chi connectivity index (χ1v) is 48.4. The van der Waals surface area contributed by atoms with Gasteiger partial charge in [-0.05, 0) is 158 Å². The van der Waals surface area contributed by atoms with E-state index in [1.165, 1.54) is 13.8 Å². The summed E-state index contributed by atoms with van der Waals surface area (Å²) in [6, 6.07) is 26.4. The third-order valence-corrected chi connectivity index (χ3v) is 36.3. The molecule has 139 heavy (non-hydrogen) atoms. The van der Waals surface area contributed by atoms with E-state index in [9.17, 15) is 105 Å². The summed E-state index contributed by atoms with van der Waals surface area (Å²) in [5, 5.41) is 136. The fourth-order valence-electron chi connectivity index (χ4n) is 28.6. The number of nitrogens with one attached hydrogen (secondary N) is 3. The van der Waals surface area contributed by atoms with Gasteiger partial charge in [-0.25, -0.2) is 30.8 Å². The molecule has 17 N–H and O–H groups in total. The van der Waals surface area contributed by atoms with Crippen LogP contribution in [0.4, 0.5) is 0 Å². The molecule has 12 aliphatic rings. The molecule has 37 heteroatoms. The molecular weight excluding hydrogens is 1790 g/mol. The molecule has 15 rings (SSSR count). The van der Waals surface area contributed by atoms with Gasteiger partial charge in [0.05, 0.1) is 89.9 Å². The Kier molecular flexibility index (Phi) is 31.1. The number of carbonyl (C=O) groups is 9. The highest BCUT2D eigenvalue weighted by Crippen LogP contribution is 2.72. The highest BCUT2D eigenvalue weighted by molar-refractivity contribution is 6.40. The normalized spacial score (nSPS) is 39.2. The van der Waals surface area contributed by atoms with Crippen LogP contribution >= 0.6 is 0 Å².